The van der Waals surface area contributed by atoms with E-state index in [0.717, 1.165) is 17.0 Å². The smallest absolute Gasteiger partial charge is 0.224 e. The number of rotatable bonds is 5. The first-order valence-electron chi connectivity index (χ1n) is 8.90. The van der Waals surface area contributed by atoms with Crippen molar-refractivity contribution >= 4 is 29.3 Å². The number of amides is 1. The molecular weight excluding hydrogens is 358 g/mol. The topological polar surface area (TPSA) is 91.5 Å². The Morgan fingerprint density at radius 1 is 1.22 bits per heavy atom. The number of nitrogens with two attached hydrogens (primary N) is 1. The van der Waals surface area contributed by atoms with Crippen molar-refractivity contribution in [3.8, 4) is 0 Å². The van der Waals surface area contributed by atoms with E-state index in [0.29, 0.717) is 6.42 Å². The molecule has 1 aliphatic rings. The molecule has 2 aromatic carbocycles. The summed E-state index contributed by atoms with van der Waals surface area (Å²) < 4.78 is 0. The average Bonchev–Trinajstić information content (AvgIpc) is 2.63. The minimum Gasteiger partial charge on any atom is -0.370 e. The number of aryl methyl sites for hydroxylation is 2. The van der Waals surface area contributed by atoms with Crippen molar-refractivity contribution in [3.63, 3.8) is 0 Å². The molecule has 0 spiro atoms. The van der Waals surface area contributed by atoms with Gasteiger partial charge in [-0.2, -0.15) is 0 Å². The van der Waals surface area contributed by atoms with Gasteiger partial charge in [-0.1, -0.05) is 35.9 Å². The molecule has 3 rings (SSSR count). The normalized spacial score (nSPS) is 20.2. The van der Waals surface area contributed by atoms with E-state index in [-0.39, 0.29) is 17.9 Å². The van der Waals surface area contributed by atoms with E-state index in [2.05, 4.69) is 52.1 Å². The predicted molar refractivity (Wildman–Crippen MR) is 112 cm³/mol. The maximum atomic E-state index is 12.0. The molecule has 142 valence electrons. The lowest BCUT2D eigenvalue weighted by atomic mass is 10.2. The number of anilines is 1. The molecule has 2 atom stereocenters. The van der Waals surface area contributed by atoms with Crippen LogP contribution in [0, 0.1) is 13.8 Å². The van der Waals surface area contributed by atoms with Crippen LogP contribution >= 0.6 is 11.8 Å². The molecule has 6 nitrogen and oxygen atoms in total. The monoisotopic (exact) mass is 383 g/mol. The predicted octanol–water partition coefficient (Wildman–Crippen LogP) is 2.58. The van der Waals surface area contributed by atoms with Gasteiger partial charge in [0.2, 0.25) is 5.91 Å². The third-order valence-electron chi connectivity index (χ3n) is 4.27. The van der Waals surface area contributed by atoms with Crippen molar-refractivity contribution in [2.24, 2.45) is 10.7 Å². The van der Waals surface area contributed by atoms with E-state index < -0.39 is 6.29 Å². The van der Waals surface area contributed by atoms with Crippen molar-refractivity contribution in [2.45, 2.75) is 37.5 Å². The Labute approximate surface area is 164 Å². The van der Waals surface area contributed by atoms with Gasteiger partial charge in [-0.15, -0.1) is 11.8 Å². The van der Waals surface area contributed by atoms with Gasteiger partial charge in [0, 0.05) is 28.8 Å². The van der Waals surface area contributed by atoms with Crippen LogP contribution in [0.3, 0.4) is 0 Å². The zero-order valence-corrected chi connectivity index (χ0v) is 16.3. The molecular formula is C20H25N5OS. The van der Waals surface area contributed by atoms with Gasteiger partial charge in [0.05, 0.1) is 0 Å². The number of nitrogens with zero attached hydrogens (tertiary/aromatic N) is 1. The van der Waals surface area contributed by atoms with Crippen LogP contribution < -0.4 is 21.7 Å². The molecule has 1 aliphatic heterocycles. The van der Waals surface area contributed by atoms with Crippen molar-refractivity contribution in [1.82, 2.24) is 10.6 Å². The Hall–Kier alpha value is -2.51. The Balaban J connectivity index is 1.58. The molecule has 27 heavy (non-hydrogen) atoms. The molecule has 5 N–H and O–H groups in total. The summed E-state index contributed by atoms with van der Waals surface area (Å²) in [4.78, 5) is 17.6. The number of carbonyl (C=O) groups excluding carboxylic acids is 1. The van der Waals surface area contributed by atoms with E-state index in [1.807, 2.05) is 31.2 Å². The van der Waals surface area contributed by atoms with Crippen LogP contribution in [-0.2, 0) is 4.79 Å². The summed E-state index contributed by atoms with van der Waals surface area (Å²) in [6, 6.07) is 16.2. The second kappa shape index (κ2) is 8.92. The summed E-state index contributed by atoms with van der Waals surface area (Å²) >= 11 is 1.73. The molecule has 0 radical (unpaired) electrons. The second-order valence-electron chi connectivity index (χ2n) is 6.62. The summed E-state index contributed by atoms with van der Waals surface area (Å²) in [5.74, 6) is 1.02. The molecule has 0 bridgehead atoms. The fourth-order valence-electron chi connectivity index (χ4n) is 2.79. The van der Waals surface area contributed by atoms with Crippen LogP contribution in [0.2, 0.25) is 0 Å². The first kappa shape index (κ1) is 19.3. The molecule has 2 unspecified atom stereocenters. The zero-order chi connectivity index (χ0) is 19.2. The number of nitrogens with one attached hydrogen (secondary N) is 3. The third-order valence-corrected chi connectivity index (χ3v) is 5.45. The van der Waals surface area contributed by atoms with Gasteiger partial charge < -0.3 is 16.4 Å². The van der Waals surface area contributed by atoms with Crippen molar-refractivity contribution in [1.29, 1.82) is 0 Å². The molecule has 1 heterocycles. The van der Waals surface area contributed by atoms with E-state index in [9.17, 15) is 4.79 Å². The lowest BCUT2D eigenvalue weighted by molar-refractivity contribution is -0.124. The molecule has 0 aromatic heterocycles. The standard InChI is InChI=1S/C20H25N5OS/c1-13-7-9-16(10-8-13)27-12-15-11-18(26)24-20(22-15)25-19(21)23-17-6-4-3-5-14(17)2/h3-10,15,20,22H,11-12H2,1-2H3,(H,24,26)(H3,21,23,25). The van der Waals surface area contributed by atoms with E-state index in [1.54, 1.807) is 11.8 Å². The molecule has 2 aromatic rings. The highest BCUT2D eigenvalue weighted by molar-refractivity contribution is 7.99. The SMILES string of the molecule is Cc1ccc(SCC2CC(=O)NC(/N=C(\N)Nc3ccccc3C)N2)cc1. The van der Waals surface area contributed by atoms with Crippen LogP contribution in [0.4, 0.5) is 5.69 Å². The summed E-state index contributed by atoms with van der Waals surface area (Å²) in [5, 5.41) is 9.23. The Kier molecular flexibility index (Phi) is 6.36. The third kappa shape index (κ3) is 5.74. The fraction of sp³-hybridized carbons (Fsp3) is 0.300. The van der Waals surface area contributed by atoms with Crippen LogP contribution in [0.1, 0.15) is 17.5 Å². The van der Waals surface area contributed by atoms with E-state index in [1.165, 1.54) is 10.5 Å². The fourth-order valence-corrected chi connectivity index (χ4v) is 3.73. The Morgan fingerprint density at radius 3 is 2.70 bits per heavy atom. The maximum absolute atomic E-state index is 12.0. The van der Waals surface area contributed by atoms with Crippen LogP contribution in [-0.4, -0.2) is 30.0 Å². The van der Waals surface area contributed by atoms with Gasteiger partial charge in [-0.25, -0.2) is 4.99 Å². The number of aliphatic imine (C=N–C) groups is 1. The average molecular weight is 384 g/mol. The van der Waals surface area contributed by atoms with Crippen molar-refractivity contribution in [2.75, 3.05) is 11.1 Å². The molecule has 1 fully saturated rings. The number of benzene rings is 2. The van der Waals surface area contributed by atoms with Crippen LogP contribution in [0.5, 0.6) is 0 Å². The second-order valence-corrected chi connectivity index (χ2v) is 7.71. The minimum absolute atomic E-state index is 0.0271. The summed E-state index contributed by atoms with van der Waals surface area (Å²) in [5.41, 5.74) is 9.22. The lowest BCUT2D eigenvalue weighted by Crippen LogP contribution is -2.57. The maximum Gasteiger partial charge on any atom is 0.224 e. The van der Waals surface area contributed by atoms with Gasteiger partial charge in [0.1, 0.15) is 0 Å². The van der Waals surface area contributed by atoms with Crippen molar-refractivity contribution < 1.29 is 4.79 Å². The summed E-state index contributed by atoms with van der Waals surface area (Å²) in [7, 11) is 0. The van der Waals surface area contributed by atoms with Crippen LogP contribution in [0.25, 0.3) is 0 Å². The van der Waals surface area contributed by atoms with Gasteiger partial charge in [-0.3, -0.25) is 10.1 Å². The van der Waals surface area contributed by atoms with Gasteiger partial charge in [0.25, 0.3) is 0 Å². The Morgan fingerprint density at radius 2 is 1.96 bits per heavy atom. The molecule has 1 saturated heterocycles. The highest BCUT2D eigenvalue weighted by Gasteiger charge is 2.25. The largest absolute Gasteiger partial charge is 0.370 e. The lowest BCUT2D eigenvalue weighted by Gasteiger charge is -2.29. The van der Waals surface area contributed by atoms with Crippen molar-refractivity contribution in [3.05, 3.63) is 59.7 Å². The van der Waals surface area contributed by atoms with E-state index in [4.69, 9.17) is 5.73 Å². The Bertz CT molecular complexity index is 821. The first-order chi connectivity index (χ1) is 13.0. The zero-order valence-electron chi connectivity index (χ0n) is 15.5. The molecule has 1 amide bonds. The highest BCUT2D eigenvalue weighted by Crippen LogP contribution is 2.21. The molecule has 0 saturated carbocycles. The van der Waals surface area contributed by atoms with E-state index >= 15 is 0 Å². The van der Waals surface area contributed by atoms with Gasteiger partial charge in [0.15, 0.2) is 12.2 Å². The van der Waals surface area contributed by atoms with Gasteiger partial charge >= 0.3 is 0 Å². The minimum atomic E-state index is -0.536. The molecule has 7 heteroatoms. The highest BCUT2D eigenvalue weighted by atomic mass is 32.2. The number of carbonyl (C=O) groups is 1. The summed E-state index contributed by atoms with van der Waals surface area (Å²) in [6.07, 6.45) is -0.109. The molecule has 0 aliphatic carbocycles. The quantitative estimate of drug-likeness (QED) is 0.362. The first-order valence-corrected chi connectivity index (χ1v) is 9.89. The number of hydrogen-bond donors (Lipinski definition) is 4. The number of guanidine groups is 1. The number of hydrogen-bond acceptors (Lipinski definition) is 4. The summed E-state index contributed by atoms with van der Waals surface area (Å²) in [6.45, 7) is 4.06. The number of para-hydroxylation sites is 1. The van der Waals surface area contributed by atoms with Crippen LogP contribution in [0.15, 0.2) is 58.4 Å². The number of thioether (sulfide) groups is 1. The van der Waals surface area contributed by atoms with Gasteiger partial charge in [-0.05, 0) is 37.6 Å².